The molecule has 6 rings (SSSR count). The van der Waals surface area contributed by atoms with E-state index in [0.717, 1.165) is 35.9 Å². The van der Waals surface area contributed by atoms with Crippen molar-refractivity contribution in [1.82, 2.24) is 29.3 Å². The first-order valence-corrected chi connectivity index (χ1v) is 10.8. The van der Waals surface area contributed by atoms with Crippen LogP contribution in [0.1, 0.15) is 24.5 Å². The number of fused-ring (bicyclic) bond motifs is 1. The molecule has 0 unspecified atom stereocenters. The van der Waals surface area contributed by atoms with E-state index in [1.807, 2.05) is 0 Å². The van der Waals surface area contributed by atoms with E-state index in [4.69, 9.17) is 16.0 Å². The van der Waals surface area contributed by atoms with Gasteiger partial charge in [0.2, 0.25) is 5.89 Å². The molecule has 0 amide bonds. The molecule has 34 heavy (non-hydrogen) atoms. The lowest BCUT2D eigenvalue weighted by molar-refractivity contribution is 0.571. The van der Waals surface area contributed by atoms with Gasteiger partial charge < -0.3 is 4.42 Å². The van der Waals surface area contributed by atoms with Gasteiger partial charge >= 0.3 is 5.69 Å². The smallest absolute Gasteiger partial charge is 0.353 e. The van der Waals surface area contributed by atoms with Gasteiger partial charge in [-0.1, -0.05) is 11.6 Å². The number of nitrogens with zero attached hydrogens (tertiary/aromatic N) is 6. The van der Waals surface area contributed by atoms with Gasteiger partial charge in [0.25, 0.3) is 0 Å². The zero-order chi connectivity index (χ0) is 23.6. The number of rotatable bonds is 4. The summed E-state index contributed by atoms with van der Waals surface area (Å²) in [6.45, 7) is 0. The van der Waals surface area contributed by atoms with Crippen molar-refractivity contribution in [2.45, 2.75) is 18.8 Å². The SMILES string of the molecule is Cn1ncc2cnc(-c3nc(-n4ccc(C5CC5)nc4=O)c(-c4cc(F)c(Cl)c(F)c4)o3)cc21. The van der Waals surface area contributed by atoms with Crippen molar-refractivity contribution in [2.75, 3.05) is 0 Å². The summed E-state index contributed by atoms with van der Waals surface area (Å²) in [6, 6.07) is 5.50. The monoisotopic (exact) mass is 480 g/mol. The van der Waals surface area contributed by atoms with E-state index in [9.17, 15) is 13.6 Å². The van der Waals surface area contributed by atoms with Crippen molar-refractivity contribution in [3.05, 3.63) is 75.7 Å². The third kappa shape index (κ3) is 3.38. The minimum Gasteiger partial charge on any atom is -0.432 e. The zero-order valence-corrected chi connectivity index (χ0v) is 18.4. The summed E-state index contributed by atoms with van der Waals surface area (Å²) in [4.78, 5) is 25.8. The van der Waals surface area contributed by atoms with Crippen LogP contribution in [0.5, 0.6) is 0 Å². The first-order chi connectivity index (χ1) is 16.4. The largest absolute Gasteiger partial charge is 0.432 e. The second-order valence-corrected chi connectivity index (χ2v) is 8.48. The summed E-state index contributed by atoms with van der Waals surface area (Å²) >= 11 is 5.65. The van der Waals surface area contributed by atoms with Crippen LogP contribution >= 0.6 is 11.6 Å². The molecule has 11 heteroatoms. The zero-order valence-electron chi connectivity index (χ0n) is 17.7. The Morgan fingerprint density at radius 2 is 1.88 bits per heavy atom. The molecule has 1 saturated carbocycles. The lowest BCUT2D eigenvalue weighted by Gasteiger charge is -2.06. The van der Waals surface area contributed by atoms with Crippen LogP contribution in [0.25, 0.3) is 39.6 Å². The minimum atomic E-state index is -0.968. The Morgan fingerprint density at radius 3 is 2.59 bits per heavy atom. The Hall–Kier alpha value is -3.92. The summed E-state index contributed by atoms with van der Waals surface area (Å²) in [5.41, 5.74) is 1.29. The Labute approximate surface area is 195 Å². The topological polar surface area (TPSA) is 91.6 Å². The van der Waals surface area contributed by atoms with Crippen LogP contribution in [0.3, 0.4) is 0 Å². The van der Waals surface area contributed by atoms with Gasteiger partial charge in [-0.15, -0.1) is 0 Å². The van der Waals surface area contributed by atoms with Gasteiger partial charge in [-0.25, -0.2) is 18.1 Å². The highest BCUT2D eigenvalue weighted by Crippen LogP contribution is 2.39. The molecule has 0 bridgehead atoms. The highest BCUT2D eigenvalue weighted by Gasteiger charge is 2.27. The number of aromatic nitrogens is 6. The average molecular weight is 481 g/mol. The molecule has 170 valence electrons. The van der Waals surface area contributed by atoms with Crippen molar-refractivity contribution >= 4 is 22.5 Å². The first-order valence-electron chi connectivity index (χ1n) is 10.4. The molecule has 0 radical (unpaired) electrons. The summed E-state index contributed by atoms with van der Waals surface area (Å²) in [7, 11) is 1.78. The molecule has 5 aromatic rings. The van der Waals surface area contributed by atoms with Crippen molar-refractivity contribution in [3.8, 4) is 28.7 Å². The van der Waals surface area contributed by atoms with Gasteiger partial charge in [0.05, 0.1) is 17.4 Å². The number of halogens is 3. The lowest BCUT2D eigenvalue weighted by Crippen LogP contribution is -2.22. The molecule has 0 saturated heterocycles. The Kier molecular flexibility index (Phi) is 4.59. The normalized spacial score (nSPS) is 13.6. The van der Waals surface area contributed by atoms with Crippen molar-refractivity contribution < 1.29 is 13.2 Å². The van der Waals surface area contributed by atoms with E-state index < -0.39 is 22.3 Å². The van der Waals surface area contributed by atoms with E-state index >= 15 is 0 Å². The van der Waals surface area contributed by atoms with Crippen LogP contribution in [0.4, 0.5) is 8.78 Å². The lowest BCUT2D eigenvalue weighted by atomic mass is 10.1. The number of aryl methyl sites for hydroxylation is 1. The Morgan fingerprint density at radius 1 is 1.12 bits per heavy atom. The molecule has 1 aliphatic rings. The molecule has 0 spiro atoms. The second-order valence-electron chi connectivity index (χ2n) is 8.10. The quantitative estimate of drug-likeness (QED) is 0.348. The van der Waals surface area contributed by atoms with Crippen molar-refractivity contribution in [3.63, 3.8) is 0 Å². The number of hydrogen-bond acceptors (Lipinski definition) is 6. The van der Waals surface area contributed by atoms with Gasteiger partial charge in [-0.05, 0) is 37.1 Å². The molecule has 1 aliphatic carbocycles. The number of pyridine rings is 1. The van der Waals surface area contributed by atoms with E-state index in [1.165, 1.54) is 10.8 Å². The number of hydrogen-bond donors (Lipinski definition) is 0. The van der Waals surface area contributed by atoms with Crippen molar-refractivity contribution in [2.24, 2.45) is 7.05 Å². The molecule has 0 N–H and O–H groups in total. The van der Waals surface area contributed by atoms with Crippen LogP contribution in [-0.4, -0.2) is 29.3 Å². The van der Waals surface area contributed by atoms with Crippen LogP contribution in [-0.2, 0) is 7.05 Å². The van der Waals surface area contributed by atoms with Crippen LogP contribution in [0.15, 0.2) is 52.1 Å². The molecule has 1 fully saturated rings. The van der Waals surface area contributed by atoms with Crippen molar-refractivity contribution in [1.29, 1.82) is 0 Å². The molecule has 4 aromatic heterocycles. The van der Waals surface area contributed by atoms with Crippen LogP contribution < -0.4 is 5.69 Å². The summed E-state index contributed by atoms with van der Waals surface area (Å²) in [5.74, 6) is -1.59. The summed E-state index contributed by atoms with van der Waals surface area (Å²) < 4.78 is 37.3. The van der Waals surface area contributed by atoms with E-state index in [-0.39, 0.29) is 29.0 Å². The third-order valence-electron chi connectivity index (χ3n) is 5.75. The second kappa shape index (κ2) is 7.56. The third-order valence-corrected chi connectivity index (χ3v) is 6.12. The minimum absolute atomic E-state index is 0.0212. The molecule has 4 heterocycles. The fourth-order valence-corrected chi connectivity index (χ4v) is 3.92. The van der Waals surface area contributed by atoms with Gasteiger partial charge in [0.1, 0.15) is 22.4 Å². The van der Waals surface area contributed by atoms with Gasteiger partial charge in [-0.3, -0.25) is 9.67 Å². The molecular formula is C23H15ClF2N6O2. The van der Waals surface area contributed by atoms with E-state index in [1.54, 1.807) is 36.3 Å². The first kappa shape index (κ1) is 20.7. The van der Waals surface area contributed by atoms with Crippen LogP contribution in [0.2, 0.25) is 5.02 Å². The predicted octanol–water partition coefficient (Wildman–Crippen LogP) is 4.65. The van der Waals surface area contributed by atoms with E-state index in [0.29, 0.717) is 11.4 Å². The maximum Gasteiger partial charge on any atom is 0.353 e. The highest BCUT2D eigenvalue weighted by atomic mass is 35.5. The number of oxazole rings is 1. The predicted molar refractivity (Wildman–Crippen MR) is 120 cm³/mol. The van der Waals surface area contributed by atoms with E-state index in [2.05, 4.69) is 20.1 Å². The fraction of sp³-hybridized carbons (Fsp3) is 0.174. The molecule has 0 aliphatic heterocycles. The highest BCUT2D eigenvalue weighted by molar-refractivity contribution is 6.31. The standard InChI is InChI=1S/C23H15ClF2N6O2/c1-31-18-8-17(27-9-13(18)10-28-31)22-30-21(32-5-4-16(11-2-3-11)29-23(32)33)20(34-22)12-6-14(25)19(24)15(26)7-12/h4-11H,2-3H2,1H3. The molecule has 0 atom stereocenters. The molecular weight excluding hydrogens is 466 g/mol. The van der Waals surface area contributed by atoms with Crippen LogP contribution in [0, 0.1) is 11.6 Å². The van der Waals surface area contributed by atoms with Gasteiger partial charge in [-0.2, -0.15) is 15.1 Å². The number of benzene rings is 1. The summed E-state index contributed by atoms with van der Waals surface area (Å²) in [5, 5.41) is 4.37. The fourth-order valence-electron chi connectivity index (χ4n) is 3.81. The maximum absolute atomic E-state index is 14.3. The van der Waals surface area contributed by atoms with Gasteiger partial charge in [0, 0.05) is 36.3 Å². The molecule has 8 nitrogen and oxygen atoms in total. The maximum atomic E-state index is 14.3. The summed E-state index contributed by atoms with van der Waals surface area (Å²) in [6.07, 6.45) is 6.79. The Bertz CT molecular complexity index is 1630. The average Bonchev–Trinajstić information content (AvgIpc) is 3.49. The van der Waals surface area contributed by atoms with Gasteiger partial charge in [0.15, 0.2) is 11.6 Å². The Balaban J connectivity index is 1.56. The molecule has 1 aromatic carbocycles.